The van der Waals surface area contributed by atoms with E-state index in [1.54, 1.807) is 21.3 Å². The lowest BCUT2D eigenvalue weighted by Crippen LogP contribution is -2.49. The molecule has 0 rings (SSSR count). The van der Waals surface area contributed by atoms with Gasteiger partial charge < -0.3 is 17.4 Å². The van der Waals surface area contributed by atoms with Gasteiger partial charge in [0.05, 0.1) is 0 Å². The molecule has 0 amide bonds. The van der Waals surface area contributed by atoms with Gasteiger partial charge in [0.15, 0.2) is 9.76 Å². The van der Waals surface area contributed by atoms with Crippen molar-refractivity contribution in [3.63, 3.8) is 0 Å². The molecule has 1 atom stereocenters. The van der Waals surface area contributed by atoms with E-state index in [0.717, 1.165) is 16.9 Å². The molecule has 0 aromatic carbocycles. The average molecular weight is 240 g/mol. The highest BCUT2D eigenvalue weighted by molar-refractivity contribution is 6.72. The van der Waals surface area contributed by atoms with Gasteiger partial charge in [-0.1, -0.05) is 6.92 Å². The number of hydrogen-bond donors (Lipinski definition) is 0. The van der Waals surface area contributed by atoms with Crippen LogP contribution in [-0.2, 0) is 17.4 Å². The second kappa shape index (κ2) is 6.87. The molecule has 13 heavy (non-hydrogen) atoms. The van der Waals surface area contributed by atoms with Gasteiger partial charge in [-0.05, 0) is 6.42 Å². The lowest BCUT2D eigenvalue weighted by Gasteiger charge is -2.31. The third-order valence-corrected chi connectivity index (χ3v) is 9.64. The van der Waals surface area contributed by atoms with E-state index in [9.17, 15) is 0 Å². The molecule has 0 fully saturated rings. The molecule has 7 heteroatoms. The minimum Gasteiger partial charge on any atom is -0.468 e. The fraction of sp³-hybridized carbons (Fsp3) is 1.00. The van der Waals surface area contributed by atoms with Crippen LogP contribution in [-0.4, -0.2) is 50.4 Å². The number of rotatable bonds is 7. The lowest BCUT2D eigenvalue weighted by molar-refractivity contribution is 0.118. The van der Waals surface area contributed by atoms with Crippen molar-refractivity contribution >= 4 is 29.1 Å². The molecule has 0 saturated heterocycles. The molecule has 1 unspecified atom stereocenters. The topological polar surface area (TPSA) is 36.9 Å². The van der Waals surface area contributed by atoms with Crippen LogP contribution in [0.4, 0.5) is 0 Å². The van der Waals surface area contributed by atoms with Crippen LogP contribution in [0.25, 0.3) is 0 Å². The molecule has 0 heterocycles. The van der Waals surface area contributed by atoms with Gasteiger partial charge in [-0.3, -0.25) is 0 Å². The molecular weight excluding hydrogens is 220 g/mol. The summed E-state index contributed by atoms with van der Waals surface area (Å²) in [4.78, 5) is 0. The fourth-order valence-electron chi connectivity index (χ4n) is 1.42. The Morgan fingerprint density at radius 3 is 1.92 bits per heavy atom. The minimum atomic E-state index is -2.41. The molecule has 80 valence electrons. The van der Waals surface area contributed by atoms with Crippen LogP contribution in [0.15, 0.2) is 0 Å². The average Bonchev–Trinajstić information content (AvgIpc) is 2.19. The maximum Gasteiger partial charge on any atom is 0.502 e. The normalized spacial score (nSPS) is 15.7. The largest absolute Gasteiger partial charge is 0.502 e. The monoisotopic (exact) mass is 240 g/mol. The van der Waals surface area contributed by atoms with Crippen molar-refractivity contribution < 1.29 is 17.4 Å². The molecule has 0 saturated carbocycles. The van der Waals surface area contributed by atoms with Crippen LogP contribution in [0.5, 0.6) is 0 Å². The Labute approximate surface area is 86.8 Å². The zero-order valence-corrected chi connectivity index (χ0v) is 13.5. The van der Waals surface area contributed by atoms with E-state index < -0.39 is 18.6 Å². The zero-order valence-electron chi connectivity index (χ0n) is 9.12. The summed E-state index contributed by atoms with van der Waals surface area (Å²) in [6.45, 7) is 2.12. The van der Waals surface area contributed by atoms with Crippen LogP contribution in [0, 0.1) is 0 Å². The lowest BCUT2D eigenvalue weighted by atomic mass is 10.6. The molecule has 0 aliphatic heterocycles. The molecule has 4 nitrogen and oxygen atoms in total. The summed E-state index contributed by atoms with van der Waals surface area (Å²) in [5.74, 6) is 0. The second-order valence-electron chi connectivity index (χ2n) is 2.78. The highest BCUT2D eigenvalue weighted by Crippen LogP contribution is 2.25. The molecule has 0 bridgehead atoms. The molecule has 0 N–H and O–H groups in total. The Hall–Kier alpha value is 0.491. The van der Waals surface area contributed by atoms with Crippen LogP contribution in [0.1, 0.15) is 13.3 Å². The van der Waals surface area contributed by atoms with E-state index in [4.69, 9.17) is 17.4 Å². The van der Waals surface area contributed by atoms with Gasteiger partial charge in [-0.25, -0.2) is 0 Å². The predicted octanol–water partition coefficient (Wildman–Crippen LogP) is -1.02. The smallest absolute Gasteiger partial charge is 0.468 e. The molecular formula is C6H20O4Si3. The van der Waals surface area contributed by atoms with Crippen LogP contribution in [0.3, 0.4) is 0 Å². The molecule has 0 aliphatic carbocycles. The first kappa shape index (κ1) is 13.5. The van der Waals surface area contributed by atoms with E-state index >= 15 is 0 Å². The van der Waals surface area contributed by atoms with Gasteiger partial charge in [0.25, 0.3) is 0 Å². The Bertz CT molecular complexity index is 123. The summed E-state index contributed by atoms with van der Waals surface area (Å²) in [5.41, 5.74) is 0. The van der Waals surface area contributed by atoms with Crippen molar-refractivity contribution in [2.24, 2.45) is 0 Å². The van der Waals surface area contributed by atoms with Crippen LogP contribution >= 0.6 is 0 Å². The molecule has 0 radical (unpaired) electrons. The highest BCUT2D eigenvalue weighted by atomic mass is 28.4. The van der Waals surface area contributed by atoms with Crippen LogP contribution < -0.4 is 0 Å². The van der Waals surface area contributed by atoms with Gasteiger partial charge in [0.2, 0.25) is 0 Å². The summed E-state index contributed by atoms with van der Waals surface area (Å²) >= 11 is 0. The molecule has 0 aromatic rings. The van der Waals surface area contributed by atoms with Gasteiger partial charge in [0.1, 0.15) is 10.5 Å². The third kappa shape index (κ3) is 3.27. The van der Waals surface area contributed by atoms with Crippen molar-refractivity contribution in [2.45, 2.75) is 18.5 Å². The first-order chi connectivity index (χ1) is 6.20. The summed E-state index contributed by atoms with van der Waals surface area (Å²) in [5, 5.41) is 0.380. The summed E-state index contributed by atoms with van der Waals surface area (Å²) < 4.78 is 21.6. The standard InChI is InChI=1S/C6H20O4Si3/c1-5-6(12-10-11)13(7-2,8-3)9-4/h6H,5,12H2,1-4,11H3. The van der Waals surface area contributed by atoms with Gasteiger partial charge >= 0.3 is 8.80 Å². The van der Waals surface area contributed by atoms with Gasteiger partial charge in [-0.2, -0.15) is 0 Å². The van der Waals surface area contributed by atoms with Gasteiger partial charge in [0, 0.05) is 26.5 Å². The number of hydrogen-bond acceptors (Lipinski definition) is 4. The van der Waals surface area contributed by atoms with Crippen molar-refractivity contribution in [1.29, 1.82) is 0 Å². The van der Waals surface area contributed by atoms with E-state index in [1.165, 1.54) is 0 Å². The van der Waals surface area contributed by atoms with Crippen molar-refractivity contribution in [3.8, 4) is 0 Å². The Kier molecular flexibility index (Phi) is 7.13. The third-order valence-electron chi connectivity index (χ3n) is 2.21. The zero-order chi connectivity index (χ0) is 10.3. The van der Waals surface area contributed by atoms with Crippen molar-refractivity contribution in [1.82, 2.24) is 0 Å². The van der Waals surface area contributed by atoms with E-state index in [0.29, 0.717) is 5.16 Å². The van der Waals surface area contributed by atoms with E-state index in [2.05, 4.69) is 6.92 Å². The first-order valence-electron chi connectivity index (χ1n) is 4.35. The highest BCUT2D eigenvalue weighted by Gasteiger charge is 2.46. The first-order valence-corrected chi connectivity index (χ1v) is 8.36. The maximum atomic E-state index is 5.41. The maximum absolute atomic E-state index is 5.41. The Balaban J connectivity index is 4.45. The van der Waals surface area contributed by atoms with E-state index in [-0.39, 0.29) is 0 Å². The summed E-state index contributed by atoms with van der Waals surface area (Å²) in [6.07, 6.45) is 1.01. The molecule has 0 spiro atoms. The van der Waals surface area contributed by atoms with Crippen molar-refractivity contribution in [2.75, 3.05) is 21.3 Å². The molecule has 0 aromatic heterocycles. The van der Waals surface area contributed by atoms with E-state index in [1.807, 2.05) is 0 Å². The quantitative estimate of drug-likeness (QED) is 0.534. The Morgan fingerprint density at radius 2 is 1.69 bits per heavy atom. The minimum absolute atomic E-state index is 0.380. The molecule has 0 aliphatic rings. The van der Waals surface area contributed by atoms with Crippen LogP contribution in [0.2, 0.25) is 5.16 Å². The summed E-state index contributed by atoms with van der Waals surface area (Å²) in [7, 11) is 2.81. The summed E-state index contributed by atoms with van der Waals surface area (Å²) in [6, 6.07) is 0. The van der Waals surface area contributed by atoms with Crippen molar-refractivity contribution in [3.05, 3.63) is 0 Å². The Morgan fingerprint density at radius 1 is 1.23 bits per heavy atom. The SMILES string of the molecule is CCC([SiH2]O[SiH3])[Si](OC)(OC)OC. The second-order valence-corrected chi connectivity index (χ2v) is 10.5. The fourth-order valence-corrected chi connectivity index (χ4v) is 9.08. The van der Waals surface area contributed by atoms with Gasteiger partial charge in [-0.15, -0.1) is 0 Å². The predicted molar refractivity (Wildman–Crippen MR) is 60.4 cm³/mol.